The van der Waals surface area contributed by atoms with Gasteiger partial charge in [-0.15, -0.1) is 0 Å². The standard InChI is InChI=1S/C16H30N2/c1-3-16(4-2)18-12-10-17(11-13-18)14-15-8-6-5-7-9-15/h5-6,15-16H,3-4,7-14H2,1-2H3/p+2/t15-/m1/s1. The van der Waals surface area contributed by atoms with E-state index >= 15 is 0 Å². The van der Waals surface area contributed by atoms with Crippen molar-refractivity contribution in [2.75, 3.05) is 32.7 Å². The largest absolute Gasteiger partial charge is 0.325 e. The van der Waals surface area contributed by atoms with Crippen molar-refractivity contribution in [1.29, 1.82) is 0 Å². The van der Waals surface area contributed by atoms with Crippen LogP contribution in [0.5, 0.6) is 0 Å². The van der Waals surface area contributed by atoms with Gasteiger partial charge in [-0.05, 0) is 32.1 Å². The molecule has 1 fully saturated rings. The minimum atomic E-state index is 0.921. The Morgan fingerprint density at radius 1 is 1.06 bits per heavy atom. The van der Waals surface area contributed by atoms with Crippen LogP contribution in [0.4, 0.5) is 0 Å². The number of allylic oxidation sites excluding steroid dienone is 2. The molecule has 1 heterocycles. The maximum absolute atomic E-state index is 2.40. The van der Waals surface area contributed by atoms with Gasteiger partial charge >= 0.3 is 0 Å². The van der Waals surface area contributed by atoms with E-state index in [4.69, 9.17) is 0 Å². The van der Waals surface area contributed by atoms with Crippen molar-refractivity contribution in [1.82, 2.24) is 0 Å². The summed E-state index contributed by atoms with van der Waals surface area (Å²) in [4.78, 5) is 3.76. The fraction of sp³-hybridized carbons (Fsp3) is 0.875. The molecule has 1 saturated heterocycles. The molecule has 1 aliphatic heterocycles. The third-order valence-corrected chi connectivity index (χ3v) is 5.12. The fourth-order valence-electron chi connectivity index (χ4n) is 3.85. The number of hydrogen-bond donors (Lipinski definition) is 2. The number of quaternary nitrogens is 2. The summed E-state index contributed by atoms with van der Waals surface area (Å²) < 4.78 is 0. The molecule has 2 rings (SSSR count). The molecule has 2 N–H and O–H groups in total. The summed E-state index contributed by atoms with van der Waals surface area (Å²) in [5.74, 6) is 0.972. The van der Waals surface area contributed by atoms with E-state index in [9.17, 15) is 0 Å². The first-order chi connectivity index (χ1) is 8.83. The van der Waals surface area contributed by atoms with Crippen molar-refractivity contribution in [3.63, 3.8) is 0 Å². The van der Waals surface area contributed by atoms with Gasteiger partial charge in [-0.1, -0.05) is 26.0 Å². The molecule has 2 heteroatoms. The maximum atomic E-state index is 2.40. The van der Waals surface area contributed by atoms with Crippen LogP contribution >= 0.6 is 0 Å². The molecule has 0 aromatic heterocycles. The summed E-state index contributed by atoms with van der Waals surface area (Å²) in [5.41, 5.74) is 0. The predicted octanol–water partition coefficient (Wildman–Crippen LogP) is 0.315. The van der Waals surface area contributed by atoms with Crippen LogP contribution in [0.3, 0.4) is 0 Å². The second-order valence-corrected chi connectivity index (χ2v) is 6.28. The van der Waals surface area contributed by atoms with Crippen LogP contribution in [-0.2, 0) is 0 Å². The maximum Gasteiger partial charge on any atom is 0.127 e. The Balaban J connectivity index is 1.71. The van der Waals surface area contributed by atoms with Crippen LogP contribution in [0.25, 0.3) is 0 Å². The van der Waals surface area contributed by atoms with Crippen LogP contribution in [0.2, 0.25) is 0 Å². The highest BCUT2D eigenvalue weighted by Gasteiger charge is 2.28. The van der Waals surface area contributed by atoms with Gasteiger partial charge in [-0.3, -0.25) is 0 Å². The highest BCUT2D eigenvalue weighted by molar-refractivity contribution is 4.89. The SMILES string of the molecule is CCC(CC)[NH+]1CC[NH+](C[C@@H]2CC=CCC2)CC1. The van der Waals surface area contributed by atoms with Crippen LogP contribution in [0.15, 0.2) is 12.2 Å². The molecule has 0 unspecified atom stereocenters. The minimum absolute atomic E-state index is 0.921. The lowest BCUT2D eigenvalue weighted by Crippen LogP contribution is -3.29. The van der Waals surface area contributed by atoms with Gasteiger partial charge in [0.2, 0.25) is 0 Å². The fourth-order valence-corrected chi connectivity index (χ4v) is 3.85. The van der Waals surface area contributed by atoms with E-state index in [0.29, 0.717) is 0 Å². The molecule has 0 saturated carbocycles. The van der Waals surface area contributed by atoms with Gasteiger partial charge in [-0.2, -0.15) is 0 Å². The van der Waals surface area contributed by atoms with Crippen molar-refractivity contribution in [3.8, 4) is 0 Å². The van der Waals surface area contributed by atoms with Gasteiger partial charge in [0.15, 0.2) is 0 Å². The Morgan fingerprint density at radius 2 is 1.78 bits per heavy atom. The van der Waals surface area contributed by atoms with E-state index in [0.717, 1.165) is 12.0 Å². The van der Waals surface area contributed by atoms with E-state index in [1.807, 2.05) is 9.80 Å². The van der Waals surface area contributed by atoms with E-state index in [1.54, 1.807) is 0 Å². The lowest BCUT2D eigenvalue weighted by molar-refractivity contribution is -1.02. The summed E-state index contributed by atoms with van der Waals surface area (Å²) in [6, 6.07) is 0.921. The van der Waals surface area contributed by atoms with Gasteiger partial charge in [0.05, 0.1) is 12.6 Å². The molecule has 0 spiro atoms. The summed E-state index contributed by atoms with van der Waals surface area (Å²) in [6.45, 7) is 11.8. The van der Waals surface area contributed by atoms with E-state index in [2.05, 4.69) is 26.0 Å². The summed E-state index contributed by atoms with van der Waals surface area (Å²) in [7, 11) is 0. The number of piperazine rings is 1. The average molecular weight is 252 g/mol. The number of rotatable bonds is 5. The molecule has 104 valence electrons. The molecule has 1 atom stereocenters. The third kappa shape index (κ3) is 3.83. The molecular weight excluding hydrogens is 220 g/mol. The summed E-state index contributed by atoms with van der Waals surface area (Å²) >= 11 is 0. The van der Waals surface area contributed by atoms with Gasteiger partial charge in [0.25, 0.3) is 0 Å². The van der Waals surface area contributed by atoms with E-state index in [-0.39, 0.29) is 0 Å². The van der Waals surface area contributed by atoms with Crippen molar-refractivity contribution in [3.05, 3.63) is 12.2 Å². The van der Waals surface area contributed by atoms with Gasteiger partial charge in [-0.25, -0.2) is 0 Å². The molecule has 0 amide bonds. The molecule has 1 aliphatic carbocycles. The van der Waals surface area contributed by atoms with Crippen LogP contribution in [0.1, 0.15) is 46.0 Å². The Kier molecular flexibility index (Phi) is 5.71. The van der Waals surface area contributed by atoms with E-state index in [1.165, 1.54) is 64.8 Å². The molecule has 2 nitrogen and oxygen atoms in total. The summed E-state index contributed by atoms with van der Waals surface area (Å²) in [5, 5.41) is 0. The summed E-state index contributed by atoms with van der Waals surface area (Å²) in [6.07, 6.45) is 11.6. The van der Waals surface area contributed by atoms with Crippen LogP contribution in [-0.4, -0.2) is 38.8 Å². The molecule has 2 aliphatic rings. The Bertz CT molecular complexity index is 250. The topological polar surface area (TPSA) is 8.88 Å². The lowest BCUT2D eigenvalue weighted by atomic mass is 9.93. The van der Waals surface area contributed by atoms with Crippen LogP contribution < -0.4 is 9.80 Å². The van der Waals surface area contributed by atoms with Gasteiger partial charge in [0, 0.05) is 5.92 Å². The highest BCUT2D eigenvalue weighted by atomic mass is 15.3. The van der Waals surface area contributed by atoms with Crippen molar-refractivity contribution >= 4 is 0 Å². The molecule has 0 aromatic carbocycles. The first-order valence-corrected chi connectivity index (χ1v) is 8.16. The molecule has 0 radical (unpaired) electrons. The first-order valence-electron chi connectivity index (χ1n) is 8.16. The average Bonchev–Trinajstić information content (AvgIpc) is 2.43. The molecule has 18 heavy (non-hydrogen) atoms. The van der Waals surface area contributed by atoms with Gasteiger partial charge in [0.1, 0.15) is 26.2 Å². The second-order valence-electron chi connectivity index (χ2n) is 6.28. The monoisotopic (exact) mass is 252 g/mol. The van der Waals surface area contributed by atoms with Crippen molar-refractivity contribution < 1.29 is 9.80 Å². The second kappa shape index (κ2) is 7.30. The predicted molar refractivity (Wildman–Crippen MR) is 77.1 cm³/mol. The van der Waals surface area contributed by atoms with Crippen LogP contribution in [0, 0.1) is 5.92 Å². The minimum Gasteiger partial charge on any atom is -0.325 e. The zero-order chi connectivity index (χ0) is 12.8. The smallest absolute Gasteiger partial charge is 0.127 e. The number of hydrogen-bond acceptors (Lipinski definition) is 0. The quantitative estimate of drug-likeness (QED) is 0.652. The van der Waals surface area contributed by atoms with Crippen molar-refractivity contribution in [2.24, 2.45) is 5.92 Å². The van der Waals surface area contributed by atoms with E-state index < -0.39 is 0 Å². The lowest BCUT2D eigenvalue weighted by Gasteiger charge is -2.35. The Morgan fingerprint density at radius 3 is 2.33 bits per heavy atom. The Labute approximate surface area is 113 Å². The molecule has 0 aromatic rings. The zero-order valence-electron chi connectivity index (χ0n) is 12.4. The normalized spacial score (nSPS) is 32.9. The zero-order valence-corrected chi connectivity index (χ0v) is 12.4. The molecular formula is C16H32N2+2. The highest BCUT2D eigenvalue weighted by Crippen LogP contribution is 2.15. The third-order valence-electron chi connectivity index (χ3n) is 5.12. The van der Waals surface area contributed by atoms with Gasteiger partial charge < -0.3 is 9.80 Å². The van der Waals surface area contributed by atoms with Crippen molar-refractivity contribution in [2.45, 2.75) is 52.0 Å². The Hall–Kier alpha value is -0.340. The first kappa shape index (κ1) is 14.1. The number of nitrogens with one attached hydrogen (secondary N) is 2. The molecule has 0 bridgehead atoms.